The molecule has 0 atom stereocenters. The van der Waals surface area contributed by atoms with Gasteiger partial charge in [0.2, 0.25) is 0 Å². The van der Waals surface area contributed by atoms with Gasteiger partial charge in [0.1, 0.15) is 10.7 Å². The lowest BCUT2D eigenvalue weighted by molar-refractivity contribution is -0.0521. The van der Waals surface area contributed by atoms with E-state index in [1.54, 1.807) is 0 Å². The van der Waals surface area contributed by atoms with E-state index in [9.17, 15) is 26.0 Å². The van der Waals surface area contributed by atoms with Gasteiger partial charge in [-0.1, -0.05) is 12.1 Å². The molecule has 0 bridgehead atoms. The maximum Gasteiger partial charge on any atom is 0.387 e. The quantitative estimate of drug-likeness (QED) is 0.853. The Morgan fingerprint density at radius 2 is 1.68 bits per heavy atom. The number of halogens is 4. The third kappa shape index (κ3) is 3.67. The van der Waals surface area contributed by atoms with Crippen molar-refractivity contribution in [3.63, 3.8) is 0 Å². The minimum Gasteiger partial charge on any atom is -0.432 e. The van der Waals surface area contributed by atoms with Gasteiger partial charge in [-0.05, 0) is 24.3 Å². The standard InChI is InChI=1S/C13H9F4NO3S/c14-9-3-1-2-4-12(9)22(19,20)18-8-5-6-11(10(15)7-8)21-13(16)17/h1-7,13,18H. The van der Waals surface area contributed by atoms with Crippen molar-refractivity contribution in [1.82, 2.24) is 0 Å². The number of hydrogen-bond acceptors (Lipinski definition) is 3. The highest BCUT2D eigenvalue weighted by Gasteiger charge is 2.19. The summed E-state index contributed by atoms with van der Waals surface area (Å²) in [6.07, 6.45) is 0. The summed E-state index contributed by atoms with van der Waals surface area (Å²) >= 11 is 0. The first kappa shape index (κ1) is 16.1. The zero-order valence-electron chi connectivity index (χ0n) is 10.8. The molecule has 0 unspecified atom stereocenters. The minimum absolute atomic E-state index is 0.262. The first-order chi connectivity index (χ1) is 10.3. The normalized spacial score (nSPS) is 11.5. The van der Waals surface area contributed by atoms with Gasteiger partial charge < -0.3 is 4.74 Å². The van der Waals surface area contributed by atoms with Crippen molar-refractivity contribution in [2.45, 2.75) is 11.5 Å². The van der Waals surface area contributed by atoms with Crippen molar-refractivity contribution in [2.75, 3.05) is 4.72 Å². The number of anilines is 1. The predicted molar refractivity (Wildman–Crippen MR) is 70.2 cm³/mol. The van der Waals surface area contributed by atoms with Gasteiger partial charge in [0.05, 0.1) is 5.69 Å². The van der Waals surface area contributed by atoms with Gasteiger partial charge >= 0.3 is 6.61 Å². The lowest BCUT2D eigenvalue weighted by atomic mass is 10.3. The third-order valence-electron chi connectivity index (χ3n) is 2.53. The molecular weight excluding hydrogens is 326 g/mol. The Balaban J connectivity index is 2.27. The van der Waals surface area contributed by atoms with Crippen LogP contribution in [-0.2, 0) is 10.0 Å². The number of hydrogen-bond donors (Lipinski definition) is 1. The van der Waals surface area contributed by atoms with Crippen LogP contribution in [0, 0.1) is 11.6 Å². The average molecular weight is 335 g/mol. The Kier molecular flexibility index (Phi) is 4.55. The molecule has 0 saturated carbocycles. The molecule has 0 aliphatic rings. The molecule has 2 rings (SSSR count). The van der Waals surface area contributed by atoms with E-state index in [4.69, 9.17) is 0 Å². The molecule has 22 heavy (non-hydrogen) atoms. The number of nitrogens with one attached hydrogen (secondary N) is 1. The highest BCUT2D eigenvalue weighted by Crippen LogP contribution is 2.25. The molecule has 0 radical (unpaired) electrons. The molecule has 0 saturated heterocycles. The van der Waals surface area contributed by atoms with Crippen LogP contribution >= 0.6 is 0 Å². The predicted octanol–water partition coefficient (Wildman–Crippen LogP) is 3.37. The molecule has 1 N–H and O–H groups in total. The second kappa shape index (κ2) is 6.22. The topological polar surface area (TPSA) is 55.4 Å². The monoisotopic (exact) mass is 335 g/mol. The molecule has 0 aliphatic carbocycles. The molecule has 4 nitrogen and oxygen atoms in total. The molecule has 0 spiro atoms. The molecule has 0 heterocycles. The molecule has 0 aromatic heterocycles. The lowest BCUT2D eigenvalue weighted by Gasteiger charge is -2.10. The Morgan fingerprint density at radius 1 is 1.00 bits per heavy atom. The van der Waals surface area contributed by atoms with Crippen LogP contribution in [0.4, 0.5) is 23.2 Å². The van der Waals surface area contributed by atoms with Gasteiger partial charge in [-0.25, -0.2) is 17.2 Å². The van der Waals surface area contributed by atoms with E-state index in [1.807, 2.05) is 4.72 Å². The summed E-state index contributed by atoms with van der Waals surface area (Å²) in [5.41, 5.74) is -0.262. The van der Waals surface area contributed by atoms with E-state index in [1.165, 1.54) is 12.1 Å². The van der Waals surface area contributed by atoms with Crippen LogP contribution < -0.4 is 9.46 Å². The van der Waals surface area contributed by atoms with E-state index >= 15 is 0 Å². The van der Waals surface area contributed by atoms with Crippen LogP contribution in [0.2, 0.25) is 0 Å². The van der Waals surface area contributed by atoms with E-state index in [2.05, 4.69) is 4.74 Å². The number of rotatable bonds is 5. The van der Waals surface area contributed by atoms with Gasteiger partial charge in [-0.3, -0.25) is 4.72 Å². The van der Waals surface area contributed by atoms with Gasteiger partial charge in [-0.2, -0.15) is 8.78 Å². The SMILES string of the molecule is O=S(=O)(Nc1ccc(OC(F)F)c(F)c1)c1ccccc1F. The first-order valence-electron chi connectivity index (χ1n) is 5.81. The van der Waals surface area contributed by atoms with E-state index in [-0.39, 0.29) is 5.69 Å². The number of alkyl halides is 2. The maximum atomic E-state index is 13.5. The molecule has 0 aliphatic heterocycles. The zero-order chi connectivity index (χ0) is 16.3. The van der Waals surface area contributed by atoms with Crippen LogP contribution in [0.15, 0.2) is 47.4 Å². The maximum absolute atomic E-state index is 13.5. The third-order valence-corrected chi connectivity index (χ3v) is 3.94. The first-order valence-corrected chi connectivity index (χ1v) is 7.29. The molecule has 2 aromatic rings. The zero-order valence-corrected chi connectivity index (χ0v) is 11.6. The summed E-state index contributed by atoms with van der Waals surface area (Å²) in [6, 6.07) is 7.11. The molecule has 9 heteroatoms. The Labute approximate surface area is 123 Å². The van der Waals surface area contributed by atoms with Gasteiger partial charge in [0.15, 0.2) is 11.6 Å². The van der Waals surface area contributed by atoms with Crippen molar-refractivity contribution >= 4 is 15.7 Å². The summed E-state index contributed by atoms with van der Waals surface area (Å²) in [4.78, 5) is -0.622. The smallest absolute Gasteiger partial charge is 0.387 e. The van der Waals surface area contributed by atoms with E-state index in [0.29, 0.717) is 6.07 Å². The van der Waals surface area contributed by atoms with E-state index < -0.39 is 38.9 Å². The van der Waals surface area contributed by atoms with Crippen molar-refractivity contribution in [3.8, 4) is 5.75 Å². The van der Waals surface area contributed by atoms with Crippen molar-refractivity contribution in [2.24, 2.45) is 0 Å². The second-order valence-corrected chi connectivity index (χ2v) is 5.71. The largest absolute Gasteiger partial charge is 0.432 e. The molecular formula is C13H9F4NO3S. The fourth-order valence-electron chi connectivity index (χ4n) is 1.63. The molecule has 2 aromatic carbocycles. The van der Waals surface area contributed by atoms with Gasteiger partial charge in [0, 0.05) is 6.07 Å². The minimum atomic E-state index is -4.28. The highest BCUT2D eigenvalue weighted by molar-refractivity contribution is 7.92. The number of benzene rings is 2. The summed E-state index contributed by atoms with van der Waals surface area (Å²) in [5.74, 6) is -2.90. The number of ether oxygens (including phenoxy) is 1. The van der Waals surface area contributed by atoms with Crippen molar-refractivity contribution < 1.29 is 30.7 Å². The van der Waals surface area contributed by atoms with E-state index in [0.717, 1.165) is 24.3 Å². The lowest BCUT2D eigenvalue weighted by Crippen LogP contribution is -2.14. The second-order valence-electron chi connectivity index (χ2n) is 4.06. The Bertz CT molecular complexity index is 781. The Morgan fingerprint density at radius 3 is 2.27 bits per heavy atom. The highest BCUT2D eigenvalue weighted by atomic mass is 32.2. The Hall–Kier alpha value is -2.29. The van der Waals surface area contributed by atoms with Gasteiger partial charge in [0.25, 0.3) is 10.0 Å². The summed E-state index contributed by atoms with van der Waals surface area (Å²) in [6.45, 7) is -3.21. The van der Waals surface area contributed by atoms with Crippen LogP contribution in [0.3, 0.4) is 0 Å². The van der Waals surface area contributed by atoms with Crippen LogP contribution in [-0.4, -0.2) is 15.0 Å². The fourth-order valence-corrected chi connectivity index (χ4v) is 2.76. The fraction of sp³-hybridized carbons (Fsp3) is 0.0769. The van der Waals surface area contributed by atoms with Crippen molar-refractivity contribution in [1.29, 1.82) is 0 Å². The summed E-state index contributed by atoms with van der Waals surface area (Å²) < 4.78 is 80.7. The van der Waals surface area contributed by atoms with Crippen molar-refractivity contribution in [3.05, 3.63) is 54.1 Å². The van der Waals surface area contributed by atoms with Gasteiger partial charge in [-0.15, -0.1) is 0 Å². The summed E-state index contributed by atoms with van der Waals surface area (Å²) in [7, 11) is -4.28. The number of sulfonamides is 1. The molecule has 118 valence electrons. The average Bonchev–Trinajstić information content (AvgIpc) is 2.41. The van der Waals surface area contributed by atoms with Crippen LogP contribution in [0.1, 0.15) is 0 Å². The molecule has 0 fully saturated rings. The molecule has 0 amide bonds. The summed E-state index contributed by atoms with van der Waals surface area (Å²) in [5, 5.41) is 0. The van der Waals surface area contributed by atoms with Crippen LogP contribution in [0.25, 0.3) is 0 Å². The van der Waals surface area contributed by atoms with Crippen LogP contribution in [0.5, 0.6) is 5.75 Å².